The highest BCUT2D eigenvalue weighted by atomic mass is 35.5. The maximum atomic E-state index is 12.7. The lowest BCUT2D eigenvalue weighted by molar-refractivity contribution is -0.137. The minimum Gasteiger partial charge on any atom is -0.481 e. The summed E-state index contributed by atoms with van der Waals surface area (Å²) in [6, 6.07) is 1.27. The maximum Gasteiger partial charge on any atom is 0.303 e. The zero-order valence-corrected chi connectivity index (χ0v) is 8.09. The van der Waals surface area contributed by atoms with E-state index in [1.165, 1.54) is 6.07 Å². The molecule has 0 radical (unpaired) electrons. The standard InChI is InChI=1S/C9H9ClFNO2/c10-9-6(2-1-3-8(13)14)4-7(11)5-12-9/h4-5H,1-3H2,(H,13,14). The molecule has 0 unspecified atom stereocenters. The van der Waals surface area contributed by atoms with Crippen molar-refractivity contribution in [2.24, 2.45) is 0 Å². The van der Waals surface area contributed by atoms with Crippen LogP contribution in [-0.4, -0.2) is 16.1 Å². The van der Waals surface area contributed by atoms with Crippen LogP contribution in [0.3, 0.4) is 0 Å². The van der Waals surface area contributed by atoms with Crippen LogP contribution in [-0.2, 0) is 11.2 Å². The van der Waals surface area contributed by atoms with Crippen LogP contribution in [0.15, 0.2) is 12.3 Å². The van der Waals surface area contributed by atoms with Crippen molar-refractivity contribution in [2.75, 3.05) is 0 Å². The van der Waals surface area contributed by atoms with Gasteiger partial charge in [0, 0.05) is 6.42 Å². The van der Waals surface area contributed by atoms with Gasteiger partial charge in [0.15, 0.2) is 0 Å². The molecule has 1 aromatic rings. The fraction of sp³-hybridized carbons (Fsp3) is 0.333. The van der Waals surface area contributed by atoms with Gasteiger partial charge >= 0.3 is 5.97 Å². The van der Waals surface area contributed by atoms with E-state index in [1.807, 2.05) is 0 Å². The van der Waals surface area contributed by atoms with Crippen molar-refractivity contribution in [1.82, 2.24) is 4.98 Å². The number of carboxylic acids is 1. The summed E-state index contributed by atoms with van der Waals surface area (Å²) in [6.07, 6.45) is 1.94. The number of rotatable bonds is 4. The van der Waals surface area contributed by atoms with Crippen LogP contribution in [0, 0.1) is 5.82 Å². The van der Waals surface area contributed by atoms with E-state index in [4.69, 9.17) is 16.7 Å². The van der Waals surface area contributed by atoms with E-state index in [2.05, 4.69) is 4.98 Å². The van der Waals surface area contributed by atoms with Crippen molar-refractivity contribution in [3.8, 4) is 0 Å². The summed E-state index contributed by atoms with van der Waals surface area (Å²) in [6.45, 7) is 0. The first-order chi connectivity index (χ1) is 6.59. The van der Waals surface area contributed by atoms with Gasteiger partial charge in [-0.2, -0.15) is 0 Å². The Bertz CT molecular complexity index is 344. The van der Waals surface area contributed by atoms with Gasteiger partial charge in [-0.3, -0.25) is 4.79 Å². The van der Waals surface area contributed by atoms with Gasteiger partial charge in [0.25, 0.3) is 0 Å². The van der Waals surface area contributed by atoms with Crippen molar-refractivity contribution < 1.29 is 14.3 Å². The van der Waals surface area contributed by atoms with Gasteiger partial charge in [0.1, 0.15) is 11.0 Å². The molecule has 5 heteroatoms. The molecule has 0 atom stereocenters. The Kier molecular flexibility index (Phi) is 3.83. The third kappa shape index (κ3) is 3.30. The number of halogens is 2. The summed E-state index contributed by atoms with van der Waals surface area (Å²) in [5.41, 5.74) is 0.549. The molecule has 0 aliphatic rings. The molecule has 14 heavy (non-hydrogen) atoms. The number of hydrogen-bond donors (Lipinski definition) is 1. The quantitative estimate of drug-likeness (QED) is 0.788. The third-order valence-corrected chi connectivity index (χ3v) is 2.06. The second-order valence-corrected chi connectivity index (χ2v) is 3.21. The lowest BCUT2D eigenvalue weighted by atomic mass is 10.1. The molecule has 0 bridgehead atoms. The molecule has 0 aliphatic heterocycles. The van der Waals surface area contributed by atoms with Crippen LogP contribution in [0.1, 0.15) is 18.4 Å². The minimum atomic E-state index is -0.870. The van der Waals surface area contributed by atoms with E-state index in [0.717, 1.165) is 6.20 Å². The highest BCUT2D eigenvalue weighted by Crippen LogP contribution is 2.16. The van der Waals surface area contributed by atoms with Gasteiger partial charge in [0.2, 0.25) is 0 Å². The summed E-state index contributed by atoms with van der Waals surface area (Å²) < 4.78 is 12.7. The molecule has 0 spiro atoms. The summed E-state index contributed by atoms with van der Waals surface area (Å²) in [5, 5.41) is 8.63. The number of carbonyl (C=O) groups is 1. The molecule has 3 nitrogen and oxygen atoms in total. The molecule has 0 aromatic carbocycles. The highest BCUT2D eigenvalue weighted by Gasteiger charge is 2.04. The molecule has 0 saturated heterocycles. The summed E-state index contributed by atoms with van der Waals surface area (Å²) in [7, 11) is 0. The molecule has 0 amide bonds. The van der Waals surface area contributed by atoms with Gasteiger partial charge in [-0.1, -0.05) is 11.6 Å². The average molecular weight is 218 g/mol. The normalized spacial score (nSPS) is 10.1. The highest BCUT2D eigenvalue weighted by molar-refractivity contribution is 6.30. The number of aryl methyl sites for hydroxylation is 1. The third-order valence-electron chi connectivity index (χ3n) is 1.72. The smallest absolute Gasteiger partial charge is 0.303 e. The van der Waals surface area contributed by atoms with Crippen LogP contribution in [0.25, 0.3) is 0 Å². The fourth-order valence-corrected chi connectivity index (χ4v) is 1.27. The van der Waals surface area contributed by atoms with E-state index < -0.39 is 11.8 Å². The van der Waals surface area contributed by atoms with Crippen LogP contribution < -0.4 is 0 Å². The van der Waals surface area contributed by atoms with E-state index in [0.29, 0.717) is 18.4 Å². The Balaban J connectivity index is 2.57. The van der Waals surface area contributed by atoms with Crippen LogP contribution in [0.2, 0.25) is 5.15 Å². The second-order valence-electron chi connectivity index (χ2n) is 2.85. The number of aliphatic carboxylic acids is 1. The van der Waals surface area contributed by atoms with Crippen LogP contribution in [0.4, 0.5) is 4.39 Å². The van der Waals surface area contributed by atoms with Gasteiger partial charge in [-0.15, -0.1) is 0 Å². The molecule has 0 fully saturated rings. The Morgan fingerprint density at radius 1 is 1.64 bits per heavy atom. The molecule has 0 aliphatic carbocycles. The SMILES string of the molecule is O=C(O)CCCc1cc(F)cnc1Cl. The van der Waals surface area contributed by atoms with Crippen molar-refractivity contribution in [3.05, 3.63) is 28.8 Å². The van der Waals surface area contributed by atoms with E-state index in [1.54, 1.807) is 0 Å². The molecular formula is C9H9ClFNO2. The number of hydrogen-bond acceptors (Lipinski definition) is 2. The zero-order valence-electron chi connectivity index (χ0n) is 7.33. The van der Waals surface area contributed by atoms with Gasteiger partial charge in [0.05, 0.1) is 6.20 Å². The minimum absolute atomic E-state index is 0.0485. The van der Waals surface area contributed by atoms with E-state index in [9.17, 15) is 9.18 Å². The van der Waals surface area contributed by atoms with Gasteiger partial charge in [-0.05, 0) is 24.5 Å². The molecule has 1 rings (SSSR count). The van der Waals surface area contributed by atoms with Crippen molar-refractivity contribution >= 4 is 17.6 Å². The van der Waals surface area contributed by atoms with Crippen LogP contribution >= 0.6 is 11.6 Å². The Hall–Kier alpha value is -1.16. The van der Waals surface area contributed by atoms with Gasteiger partial charge in [-0.25, -0.2) is 9.37 Å². The number of nitrogens with zero attached hydrogens (tertiary/aromatic N) is 1. The topological polar surface area (TPSA) is 50.2 Å². The Labute approximate surface area is 85.5 Å². The molecule has 1 N–H and O–H groups in total. The predicted molar refractivity (Wildman–Crippen MR) is 49.8 cm³/mol. The summed E-state index contributed by atoms with van der Waals surface area (Å²) in [4.78, 5) is 13.8. The predicted octanol–water partition coefficient (Wildman–Crippen LogP) is 2.28. The number of carboxylic acid groups (broad SMARTS) is 1. The van der Waals surface area contributed by atoms with Crippen molar-refractivity contribution in [1.29, 1.82) is 0 Å². The van der Waals surface area contributed by atoms with Gasteiger partial charge < -0.3 is 5.11 Å². The van der Waals surface area contributed by atoms with Crippen molar-refractivity contribution in [2.45, 2.75) is 19.3 Å². The second kappa shape index (κ2) is 4.91. The van der Waals surface area contributed by atoms with E-state index >= 15 is 0 Å². The Morgan fingerprint density at radius 2 is 2.36 bits per heavy atom. The lowest BCUT2D eigenvalue weighted by Gasteiger charge is -2.01. The summed E-state index contributed by atoms with van der Waals surface area (Å²) in [5.74, 6) is -1.33. The molecule has 0 saturated carbocycles. The molecule has 1 aromatic heterocycles. The first-order valence-electron chi connectivity index (χ1n) is 4.11. The van der Waals surface area contributed by atoms with Crippen LogP contribution in [0.5, 0.6) is 0 Å². The fourth-order valence-electron chi connectivity index (χ4n) is 1.07. The van der Waals surface area contributed by atoms with E-state index in [-0.39, 0.29) is 11.6 Å². The molecular weight excluding hydrogens is 209 g/mol. The molecule has 1 heterocycles. The number of aromatic nitrogens is 1. The first-order valence-corrected chi connectivity index (χ1v) is 4.49. The molecule has 76 valence electrons. The lowest BCUT2D eigenvalue weighted by Crippen LogP contribution is -1.97. The Morgan fingerprint density at radius 3 is 3.00 bits per heavy atom. The summed E-state index contributed by atoms with van der Waals surface area (Å²) >= 11 is 5.69. The zero-order chi connectivity index (χ0) is 10.6. The largest absolute Gasteiger partial charge is 0.481 e. The van der Waals surface area contributed by atoms with Crippen molar-refractivity contribution in [3.63, 3.8) is 0 Å². The first kappa shape index (κ1) is 10.9. The maximum absolute atomic E-state index is 12.7. The monoisotopic (exact) mass is 217 g/mol. The average Bonchev–Trinajstić information content (AvgIpc) is 2.10. The number of pyridine rings is 1.